The first kappa shape index (κ1) is 31.6. The molecule has 1 heterocycles. The van der Waals surface area contributed by atoms with Crippen molar-refractivity contribution in [1.29, 1.82) is 0 Å². The zero-order chi connectivity index (χ0) is 35.8. The first-order valence-electron chi connectivity index (χ1n) is 18.4. The van der Waals surface area contributed by atoms with Gasteiger partial charge in [0.15, 0.2) is 5.82 Å². The largest absolute Gasteiger partial charge is 0.228 e. The van der Waals surface area contributed by atoms with Crippen LogP contribution in [0, 0.1) is 0 Å². The lowest BCUT2D eigenvalue weighted by atomic mass is 9.80. The number of aromatic nitrogens is 2. The van der Waals surface area contributed by atoms with Crippen LogP contribution in [0.4, 0.5) is 0 Å². The van der Waals surface area contributed by atoms with E-state index in [9.17, 15) is 0 Å². The highest BCUT2D eigenvalue weighted by molar-refractivity contribution is 6.31. The van der Waals surface area contributed by atoms with Crippen LogP contribution in [-0.2, 0) is 0 Å². The number of fused-ring (bicyclic) bond motifs is 6. The van der Waals surface area contributed by atoms with E-state index < -0.39 is 0 Å². The molecule has 0 aliphatic heterocycles. The van der Waals surface area contributed by atoms with Crippen molar-refractivity contribution in [2.45, 2.75) is 0 Å². The van der Waals surface area contributed by atoms with Gasteiger partial charge < -0.3 is 0 Å². The Morgan fingerprint density at radius 1 is 0.259 bits per heavy atom. The lowest BCUT2D eigenvalue weighted by Gasteiger charge is -2.23. The van der Waals surface area contributed by atoms with Gasteiger partial charge in [0.2, 0.25) is 0 Å². The van der Waals surface area contributed by atoms with Gasteiger partial charge in [0, 0.05) is 16.7 Å². The summed E-state index contributed by atoms with van der Waals surface area (Å²) in [5.74, 6) is 0.688. The fourth-order valence-corrected chi connectivity index (χ4v) is 8.06. The Morgan fingerprint density at radius 3 is 1.22 bits per heavy atom. The topological polar surface area (TPSA) is 25.8 Å². The molecule has 0 bridgehead atoms. The Morgan fingerprint density at radius 2 is 0.667 bits per heavy atom. The summed E-state index contributed by atoms with van der Waals surface area (Å²) >= 11 is 0. The molecule has 252 valence electrons. The van der Waals surface area contributed by atoms with E-state index in [1.165, 1.54) is 54.6 Å². The maximum Gasteiger partial charge on any atom is 0.161 e. The van der Waals surface area contributed by atoms with Crippen molar-refractivity contribution in [3.63, 3.8) is 0 Å². The molecule has 10 rings (SSSR count). The van der Waals surface area contributed by atoms with E-state index in [0.29, 0.717) is 5.82 Å². The molecular formula is C52H34N2. The van der Waals surface area contributed by atoms with E-state index >= 15 is 0 Å². The van der Waals surface area contributed by atoms with E-state index in [0.717, 1.165) is 39.2 Å². The number of nitrogens with zero attached hydrogens (tertiary/aromatic N) is 2. The van der Waals surface area contributed by atoms with Gasteiger partial charge in [0.1, 0.15) is 0 Å². The molecule has 10 aromatic rings. The van der Waals surface area contributed by atoms with Gasteiger partial charge in [-0.1, -0.05) is 194 Å². The van der Waals surface area contributed by atoms with Crippen LogP contribution in [0.25, 0.3) is 99.6 Å². The van der Waals surface area contributed by atoms with Crippen LogP contribution >= 0.6 is 0 Å². The fraction of sp³-hybridized carbons (Fsp3) is 0. The molecule has 2 nitrogen and oxygen atoms in total. The van der Waals surface area contributed by atoms with Crippen LogP contribution in [0.15, 0.2) is 206 Å². The van der Waals surface area contributed by atoms with Crippen LogP contribution in [-0.4, -0.2) is 9.97 Å². The van der Waals surface area contributed by atoms with Crippen molar-refractivity contribution >= 4 is 32.3 Å². The van der Waals surface area contributed by atoms with E-state index in [1.54, 1.807) is 0 Å². The normalized spacial score (nSPS) is 11.3. The van der Waals surface area contributed by atoms with E-state index in [4.69, 9.17) is 9.97 Å². The molecule has 9 aromatic carbocycles. The van der Waals surface area contributed by atoms with Crippen LogP contribution in [0.3, 0.4) is 0 Å². The molecule has 0 unspecified atom stereocenters. The summed E-state index contributed by atoms with van der Waals surface area (Å²) in [6.07, 6.45) is 0. The minimum absolute atomic E-state index is 0.688. The maximum atomic E-state index is 5.35. The molecule has 0 saturated heterocycles. The van der Waals surface area contributed by atoms with E-state index in [2.05, 4.69) is 194 Å². The second-order valence-corrected chi connectivity index (χ2v) is 13.7. The molecule has 0 aliphatic carbocycles. The Balaban J connectivity index is 1.39. The predicted molar refractivity (Wildman–Crippen MR) is 227 cm³/mol. The Bertz CT molecular complexity index is 2900. The Kier molecular flexibility index (Phi) is 7.85. The smallest absolute Gasteiger partial charge is 0.161 e. The third-order valence-electron chi connectivity index (χ3n) is 10.5. The number of rotatable bonds is 6. The molecule has 0 fully saturated rings. The lowest BCUT2D eigenvalue weighted by molar-refractivity contribution is 1.18. The van der Waals surface area contributed by atoms with Gasteiger partial charge in [-0.05, 0) is 77.8 Å². The Hall–Kier alpha value is -7.16. The second kappa shape index (κ2) is 13.4. The van der Waals surface area contributed by atoms with Crippen LogP contribution in [0.2, 0.25) is 0 Å². The SMILES string of the molecule is c1ccc(-c2cc(-c3ccccc3)nc(-c3ccccc3-c3c(-c4ccccc4)c(-c4ccccc4)cc4c5ccccc5c5ccccc5c34)n2)cc1. The summed E-state index contributed by atoms with van der Waals surface area (Å²) in [7, 11) is 0. The first-order valence-corrected chi connectivity index (χ1v) is 18.4. The highest BCUT2D eigenvalue weighted by Crippen LogP contribution is 2.50. The maximum absolute atomic E-state index is 5.35. The average molecular weight is 687 g/mol. The fourth-order valence-electron chi connectivity index (χ4n) is 8.06. The lowest BCUT2D eigenvalue weighted by Crippen LogP contribution is -1.99. The van der Waals surface area contributed by atoms with Crippen molar-refractivity contribution in [2.75, 3.05) is 0 Å². The van der Waals surface area contributed by atoms with Crippen molar-refractivity contribution in [2.24, 2.45) is 0 Å². The molecule has 54 heavy (non-hydrogen) atoms. The van der Waals surface area contributed by atoms with E-state index in [-0.39, 0.29) is 0 Å². The third-order valence-corrected chi connectivity index (χ3v) is 10.5. The minimum Gasteiger partial charge on any atom is -0.228 e. The predicted octanol–water partition coefficient (Wildman–Crippen LogP) is 13.9. The highest BCUT2D eigenvalue weighted by Gasteiger charge is 2.24. The molecule has 0 saturated carbocycles. The summed E-state index contributed by atoms with van der Waals surface area (Å²) in [4.78, 5) is 10.7. The zero-order valence-electron chi connectivity index (χ0n) is 29.5. The Labute approximate surface area is 314 Å². The molecule has 0 aliphatic rings. The molecule has 1 aromatic heterocycles. The molecule has 0 spiro atoms. The van der Waals surface area contributed by atoms with Crippen LogP contribution in [0.5, 0.6) is 0 Å². The summed E-state index contributed by atoms with van der Waals surface area (Å²) in [6.45, 7) is 0. The van der Waals surface area contributed by atoms with Crippen molar-refractivity contribution < 1.29 is 0 Å². The monoisotopic (exact) mass is 686 g/mol. The first-order chi connectivity index (χ1) is 26.8. The van der Waals surface area contributed by atoms with Crippen molar-refractivity contribution in [1.82, 2.24) is 9.97 Å². The molecule has 0 radical (unpaired) electrons. The number of benzene rings is 9. The average Bonchev–Trinajstić information content (AvgIpc) is 3.27. The van der Waals surface area contributed by atoms with E-state index in [1.807, 2.05) is 12.1 Å². The second-order valence-electron chi connectivity index (χ2n) is 13.7. The highest BCUT2D eigenvalue weighted by atomic mass is 14.9. The molecule has 2 heteroatoms. The van der Waals surface area contributed by atoms with Crippen molar-refractivity contribution in [3.05, 3.63) is 206 Å². The van der Waals surface area contributed by atoms with Gasteiger partial charge in [-0.25, -0.2) is 9.97 Å². The van der Waals surface area contributed by atoms with Gasteiger partial charge in [0.05, 0.1) is 11.4 Å². The van der Waals surface area contributed by atoms with Gasteiger partial charge in [0.25, 0.3) is 0 Å². The molecule has 0 atom stereocenters. The number of hydrogen-bond donors (Lipinski definition) is 0. The van der Waals surface area contributed by atoms with Crippen LogP contribution < -0.4 is 0 Å². The van der Waals surface area contributed by atoms with Gasteiger partial charge >= 0.3 is 0 Å². The van der Waals surface area contributed by atoms with Gasteiger partial charge in [-0.3, -0.25) is 0 Å². The quantitative estimate of drug-likeness (QED) is 0.163. The standard InChI is InChI=1S/C52H34N2/c1-5-19-35(20-6-1)45-33-46-41-29-14-13-27-39(41)40-28-15-16-30-42(40)50(46)51(49(45)38-25-11-4-12-26-38)43-31-17-18-32-44(43)52-53-47(36-21-7-2-8-22-36)34-48(54-52)37-23-9-3-10-24-37/h1-34H. The summed E-state index contributed by atoms with van der Waals surface area (Å²) < 4.78 is 0. The molecule has 0 amide bonds. The summed E-state index contributed by atoms with van der Waals surface area (Å²) in [6, 6.07) is 73.4. The van der Waals surface area contributed by atoms with Gasteiger partial charge in [-0.2, -0.15) is 0 Å². The molecule has 0 N–H and O–H groups in total. The summed E-state index contributed by atoms with van der Waals surface area (Å²) in [5.41, 5.74) is 11.8. The van der Waals surface area contributed by atoms with Crippen LogP contribution in [0.1, 0.15) is 0 Å². The minimum atomic E-state index is 0.688. The number of hydrogen-bond acceptors (Lipinski definition) is 2. The molecular weight excluding hydrogens is 653 g/mol. The van der Waals surface area contributed by atoms with Crippen molar-refractivity contribution in [3.8, 4) is 67.3 Å². The summed E-state index contributed by atoms with van der Waals surface area (Å²) in [5, 5.41) is 7.37. The van der Waals surface area contributed by atoms with Gasteiger partial charge in [-0.15, -0.1) is 0 Å². The zero-order valence-corrected chi connectivity index (χ0v) is 29.5. The third kappa shape index (κ3) is 5.44.